The summed E-state index contributed by atoms with van der Waals surface area (Å²) in [5.41, 5.74) is 3.43. The van der Waals surface area contributed by atoms with E-state index in [2.05, 4.69) is 10.4 Å². The summed E-state index contributed by atoms with van der Waals surface area (Å²) in [7, 11) is -2.76. The molecule has 12 heteroatoms. The number of rotatable bonds is 7. The molecule has 0 atom stereocenters. The van der Waals surface area contributed by atoms with Crippen LogP contribution in [0.2, 0.25) is 10.0 Å². The van der Waals surface area contributed by atoms with Crippen molar-refractivity contribution < 1.29 is 22.7 Å². The van der Waals surface area contributed by atoms with Crippen molar-refractivity contribution >= 4 is 44.8 Å². The van der Waals surface area contributed by atoms with Gasteiger partial charge in [-0.15, -0.1) is 0 Å². The molecular weight excluding hydrogens is 515 g/mol. The molecule has 0 saturated carbocycles. The number of hydrogen-bond acceptors (Lipinski definition) is 6. The number of methoxy groups -OCH3 is 1. The quantitative estimate of drug-likeness (QED) is 0.474. The number of carbonyl (C=O) groups excluding carboxylic acids is 1. The van der Waals surface area contributed by atoms with Gasteiger partial charge in [-0.05, 0) is 29.8 Å². The lowest BCUT2D eigenvalue weighted by Crippen LogP contribution is -2.39. The molecule has 2 N–H and O–H groups in total. The average molecular weight is 537 g/mol. The van der Waals surface area contributed by atoms with Crippen LogP contribution in [0.4, 0.5) is 4.79 Å². The standard InChI is InChI=1S/C23H22Cl2N4O5S/c1-33-20-4-2-3-5-21(20)35(31,32)28-23(30)26-9-8-16-13-34-14-17-11-27-29(22(16)17)12-15-6-7-18(24)10-19(15)25/h2-8,10-11H,9,12-14H2,1H3,(H2,26,28,30). The van der Waals surface area contributed by atoms with E-state index in [4.69, 9.17) is 32.7 Å². The van der Waals surface area contributed by atoms with Crippen LogP contribution in [0, 0.1) is 0 Å². The van der Waals surface area contributed by atoms with Gasteiger partial charge in [0.05, 0.1) is 38.8 Å². The second-order valence-corrected chi connectivity index (χ2v) is 10.1. The molecule has 184 valence electrons. The van der Waals surface area contributed by atoms with E-state index in [-0.39, 0.29) is 17.2 Å². The Morgan fingerprint density at radius 3 is 2.80 bits per heavy atom. The van der Waals surface area contributed by atoms with Crippen LogP contribution in [-0.4, -0.2) is 44.5 Å². The zero-order valence-electron chi connectivity index (χ0n) is 18.6. The van der Waals surface area contributed by atoms with Gasteiger partial charge in [-0.1, -0.05) is 47.5 Å². The zero-order valence-corrected chi connectivity index (χ0v) is 21.0. The first-order valence-electron chi connectivity index (χ1n) is 10.5. The highest BCUT2D eigenvalue weighted by atomic mass is 35.5. The molecule has 2 amide bonds. The van der Waals surface area contributed by atoms with Gasteiger partial charge in [0.2, 0.25) is 0 Å². The average Bonchev–Trinajstić information content (AvgIpc) is 3.24. The van der Waals surface area contributed by atoms with Crippen molar-refractivity contribution in [2.75, 3.05) is 20.3 Å². The van der Waals surface area contributed by atoms with Crippen molar-refractivity contribution in [3.8, 4) is 5.75 Å². The van der Waals surface area contributed by atoms with Gasteiger partial charge in [0.15, 0.2) is 0 Å². The Bertz CT molecular complexity index is 1390. The second kappa shape index (κ2) is 10.7. The highest BCUT2D eigenvalue weighted by Gasteiger charge is 2.23. The number of fused-ring (bicyclic) bond motifs is 1. The fraction of sp³-hybridized carbons (Fsp3) is 0.217. The van der Waals surface area contributed by atoms with E-state index < -0.39 is 16.1 Å². The van der Waals surface area contributed by atoms with Crippen LogP contribution < -0.4 is 14.8 Å². The summed E-state index contributed by atoms with van der Waals surface area (Å²) in [5, 5.41) is 8.08. The molecule has 2 aromatic carbocycles. The maximum Gasteiger partial charge on any atom is 0.328 e. The summed E-state index contributed by atoms with van der Waals surface area (Å²) in [6.07, 6.45) is 3.49. The van der Waals surface area contributed by atoms with Gasteiger partial charge in [0.25, 0.3) is 10.0 Å². The SMILES string of the molecule is COc1ccccc1S(=O)(=O)NC(=O)NCC=C1COCc2cnn(Cc3ccc(Cl)cc3Cl)c21. The Kier molecular flexibility index (Phi) is 7.66. The Morgan fingerprint density at radius 1 is 1.23 bits per heavy atom. The molecule has 1 aromatic heterocycles. The molecule has 4 rings (SSSR count). The monoisotopic (exact) mass is 536 g/mol. The van der Waals surface area contributed by atoms with Crippen LogP contribution in [0.3, 0.4) is 0 Å². The van der Waals surface area contributed by atoms with E-state index in [1.807, 2.05) is 15.5 Å². The molecule has 0 bridgehead atoms. The molecule has 2 heterocycles. The summed E-state index contributed by atoms with van der Waals surface area (Å²) in [5.74, 6) is 0.135. The topological polar surface area (TPSA) is 112 Å². The van der Waals surface area contributed by atoms with Crippen molar-refractivity contribution in [2.24, 2.45) is 0 Å². The summed E-state index contributed by atoms with van der Waals surface area (Å²) in [6.45, 7) is 1.22. The smallest absolute Gasteiger partial charge is 0.328 e. The van der Waals surface area contributed by atoms with Crippen LogP contribution in [-0.2, 0) is 27.9 Å². The fourth-order valence-electron chi connectivity index (χ4n) is 3.65. The molecule has 0 spiro atoms. The lowest BCUT2D eigenvalue weighted by molar-refractivity contribution is 0.145. The maximum atomic E-state index is 12.6. The van der Waals surface area contributed by atoms with Gasteiger partial charge in [-0.3, -0.25) is 4.68 Å². The van der Waals surface area contributed by atoms with Gasteiger partial charge in [0.1, 0.15) is 10.6 Å². The lowest BCUT2D eigenvalue weighted by Gasteiger charge is -2.19. The van der Waals surface area contributed by atoms with E-state index in [1.54, 1.807) is 36.5 Å². The third-order valence-corrected chi connectivity index (χ3v) is 7.22. The minimum Gasteiger partial charge on any atom is -0.495 e. The molecule has 0 fully saturated rings. The molecule has 35 heavy (non-hydrogen) atoms. The molecule has 0 saturated heterocycles. The summed E-state index contributed by atoms with van der Waals surface area (Å²) >= 11 is 12.3. The fourth-order valence-corrected chi connectivity index (χ4v) is 5.22. The zero-order chi connectivity index (χ0) is 25.0. The first-order valence-corrected chi connectivity index (χ1v) is 12.7. The van der Waals surface area contributed by atoms with Crippen LogP contribution in [0.25, 0.3) is 5.57 Å². The Balaban J connectivity index is 1.45. The van der Waals surface area contributed by atoms with Gasteiger partial charge < -0.3 is 14.8 Å². The number of urea groups is 1. The number of carbonyl (C=O) groups is 1. The van der Waals surface area contributed by atoms with Gasteiger partial charge in [-0.2, -0.15) is 5.10 Å². The first kappa shape index (κ1) is 25.1. The minimum absolute atomic E-state index is 0.0678. The van der Waals surface area contributed by atoms with Gasteiger partial charge in [-0.25, -0.2) is 17.9 Å². The summed E-state index contributed by atoms with van der Waals surface area (Å²) < 4.78 is 39.6. The van der Waals surface area contributed by atoms with Gasteiger partial charge >= 0.3 is 6.03 Å². The number of nitrogens with one attached hydrogen (secondary N) is 2. The number of hydrogen-bond donors (Lipinski definition) is 2. The highest BCUT2D eigenvalue weighted by Crippen LogP contribution is 2.28. The van der Waals surface area contributed by atoms with Crippen LogP contribution in [0.1, 0.15) is 16.8 Å². The number of benzene rings is 2. The van der Waals surface area contributed by atoms with Crippen LogP contribution >= 0.6 is 23.2 Å². The third-order valence-electron chi connectivity index (χ3n) is 5.27. The number of para-hydroxylation sites is 1. The highest BCUT2D eigenvalue weighted by molar-refractivity contribution is 7.90. The molecule has 3 aromatic rings. The van der Waals surface area contributed by atoms with Crippen LogP contribution in [0.15, 0.2) is 59.6 Å². The molecule has 0 unspecified atom stereocenters. The molecule has 1 aliphatic heterocycles. The normalized spacial score (nSPS) is 14.4. The van der Waals surface area contributed by atoms with Gasteiger partial charge in [0, 0.05) is 27.7 Å². The van der Waals surface area contributed by atoms with Crippen molar-refractivity contribution in [2.45, 2.75) is 18.0 Å². The first-order chi connectivity index (χ1) is 16.8. The third kappa shape index (κ3) is 5.79. The number of aromatic nitrogens is 2. The predicted octanol–water partition coefficient (Wildman–Crippen LogP) is 3.85. The van der Waals surface area contributed by atoms with E-state index in [1.165, 1.54) is 19.2 Å². The summed E-state index contributed by atoms with van der Waals surface area (Å²) in [6, 6.07) is 10.4. The Labute approximate surface area is 212 Å². The van der Waals surface area contributed by atoms with E-state index in [0.29, 0.717) is 29.8 Å². The molecular formula is C23H22Cl2N4O5S. The lowest BCUT2D eigenvalue weighted by atomic mass is 10.1. The molecule has 0 radical (unpaired) electrons. The van der Waals surface area contributed by atoms with Crippen molar-refractivity contribution in [1.82, 2.24) is 19.8 Å². The van der Waals surface area contributed by atoms with Crippen molar-refractivity contribution in [3.63, 3.8) is 0 Å². The largest absolute Gasteiger partial charge is 0.495 e. The maximum absolute atomic E-state index is 12.6. The number of halogens is 2. The predicted molar refractivity (Wildman–Crippen MR) is 132 cm³/mol. The Hall–Kier alpha value is -3.05. The number of ether oxygens (including phenoxy) is 2. The molecule has 0 aliphatic carbocycles. The second-order valence-electron chi connectivity index (χ2n) is 7.60. The summed E-state index contributed by atoms with van der Waals surface area (Å²) in [4.78, 5) is 12.2. The molecule has 9 nitrogen and oxygen atoms in total. The van der Waals surface area contributed by atoms with E-state index in [0.717, 1.165) is 22.4 Å². The Morgan fingerprint density at radius 2 is 2.03 bits per heavy atom. The van der Waals surface area contributed by atoms with Crippen LogP contribution in [0.5, 0.6) is 5.75 Å². The van der Waals surface area contributed by atoms with E-state index in [9.17, 15) is 13.2 Å². The number of amides is 2. The van der Waals surface area contributed by atoms with Crippen molar-refractivity contribution in [3.05, 3.63) is 81.6 Å². The number of sulfonamides is 1. The number of nitrogens with zero attached hydrogens (tertiary/aromatic N) is 2. The van der Waals surface area contributed by atoms with Crippen molar-refractivity contribution in [1.29, 1.82) is 0 Å². The molecule has 1 aliphatic rings. The van der Waals surface area contributed by atoms with E-state index >= 15 is 0 Å². The minimum atomic E-state index is -4.11.